The van der Waals surface area contributed by atoms with Gasteiger partial charge in [-0.3, -0.25) is 4.79 Å². The Hall–Kier alpha value is -1.51. The summed E-state index contributed by atoms with van der Waals surface area (Å²) in [5, 5.41) is 0. The van der Waals surface area contributed by atoms with E-state index in [1.165, 1.54) is 5.56 Å². The lowest BCUT2D eigenvalue weighted by Crippen LogP contribution is -2.31. The first-order valence-corrected chi connectivity index (χ1v) is 7.33. The van der Waals surface area contributed by atoms with Crippen LogP contribution in [0.25, 0.3) is 0 Å². The predicted molar refractivity (Wildman–Crippen MR) is 74.0 cm³/mol. The molecule has 1 atom stereocenters. The normalized spacial score (nSPS) is 22.6. The quantitative estimate of drug-likeness (QED) is 0.831. The summed E-state index contributed by atoms with van der Waals surface area (Å²) in [4.78, 5) is 14.4. The van der Waals surface area contributed by atoms with Gasteiger partial charge in [-0.1, -0.05) is 12.1 Å². The second-order valence-electron chi connectivity index (χ2n) is 5.47. The summed E-state index contributed by atoms with van der Waals surface area (Å²) in [6.45, 7) is 3.60. The lowest BCUT2D eigenvalue weighted by Gasteiger charge is -2.25. The molecule has 3 nitrogen and oxygen atoms in total. The van der Waals surface area contributed by atoms with Crippen molar-refractivity contribution >= 4 is 5.91 Å². The van der Waals surface area contributed by atoms with Crippen LogP contribution in [-0.2, 0) is 4.79 Å². The summed E-state index contributed by atoms with van der Waals surface area (Å²) in [5.74, 6) is 1.60. The van der Waals surface area contributed by atoms with Crippen molar-refractivity contribution in [3.8, 4) is 5.75 Å². The van der Waals surface area contributed by atoms with E-state index in [1.54, 1.807) is 0 Å². The van der Waals surface area contributed by atoms with Gasteiger partial charge in [-0.2, -0.15) is 0 Å². The summed E-state index contributed by atoms with van der Waals surface area (Å²) in [6.07, 6.45) is 4.39. The molecule has 1 aromatic carbocycles. The average molecular weight is 259 g/mol. The largest absolute Gasteiger partial charge is 0.494 e. The maximum absolute atomic E-state index is 12.3. The zero-order valence-corrected chi connectivity index (χ0v) is 11.5. The van der Waals surface area contributed by atoms with E-state index in [0.29, 0.717) is 18.4 Å². The van der Waals surface area contributed by atoms with Crippen LogP contribution in [0.15, 0.2) is 24.3 Å². The standard InChI is InChI=1S/C16H21NO2/c1-2-19-14-9-7-12(8-10-14)15-4-3-11-17(15)16(18)13-5-6-13/h7-10,13,15H,2-6,11H2,1H3. The minimum atomic E-state index is 0.281. The van der Waals surface area contributed by atoms with Gasteiger partial charge in [-0.25, -0.2) is 0 Å². The fourth-order valence-corrected chi connectivity index (χ4v) is 2.89. The Labute approximate surface area is 114 Å². The van der Waals surface area contributed by atoms with Crippen molar-refractivity contribution in [1.29, 1.82) is 0 Å². The molecule has 1 aliphatic heterocycles. The first kappa shape index (κ1) is 12.5. The summed E-state index contributed by atoms with van der Waals surface area (Å²) in [6, 6.07) is 8.51. The lowest BCUT2D eigenvalue weighted by atomic mass is 10.0. The summed E-state index contributed by atoms with van der Waals surface area (Å²) in [5.41, 5.74) is 1.25. The molecular weight excluding hydrogens is 238 g/mol. The highest BCUT2D eigenvalue weighted by molar-refractivity contribution is 5.81. The summed E-state index contributed by atoms with van der Waals surface area (Å²) < 4.78 is 5.47. The molecule has 3 heteroatoms. The molecule has 0 radical (unpaired) electrons. The number of rotatable bonds is 4. The molecule has 1 aliphatic carbocycles. The van der Waals surface area contributed by atoms with Gasteiger partial charge in [0.05, 0.1) is 12.6 Å². The van der Waals surface area contributed by atoms with Crippen molar-refractivity contribution in [2.45, 2.75) is 38.6 Å². The van der Waals surface area contributed by atoms with Gasteiger partial charge < -0.3 is 9.64 Å². The Morgan fingerprint density at radius 2 is 2.00 bits per heavy atom. The van der Waals surface area contributed by atoms with Gasteiger partial charge in [0.1, 0.15) is 5.75 Å². The third-order valence-corrected chi connectivity index (χ3v) is 4.04. The van der Waals surface area contributed by atoms with Crippen LogP contribution in [0.1, 0.15) is 44.2 Å². The van der Waals surface area contributed by atoms with Crippen LogP contribution in [0, 0.1) is 5.92 Å². The van der Waals surface area contributed by atoms with Crippen LogP contribution in [0.2, 0.25) is 0 Å². The van der Waals surface area contributed by atoms with Gasteiger partial charge in [0, 0.05) is 12.5 Å². The molecule has 1 unspecified atom stereocenters. The zero-order chi connectivity index (χ0) is 13.2. The minimum absolute atomic E-state index is 0.281. The second-order valence-corrected chi connectivity index (χ2v) is 5.47. The predicted octanol–water partition coefficient (Wildman–Crippen LogP) is 3.16. The van der Waals surface area contributed by atoms with Crippen LogP contribution in [-0.4, -0.2) is 24.0 Å². The van der Waals surface area contributed by atoms with Gasteiger partial charge in [0.25, 0.3) is 0 Å². The van der Waals surface area contributed by atoms with Crippen LogP contribution < -0.4 is 4.74 Å². The Kier molecular flexibility index (Phi) is 3.45. The summed E-state index contributed by atoms with van der Waals surface area (Å²) in [7, 11) is 0. The maximum Gasteiger partial charge on any atom is 0.226 e. The Balaban J connectivity index is 1.74. The van der Waals surface area contributed by atoms with E-state index in [2.05, 4.69) is 17.0 Å². The molecule has 1 saturated carbocycles. The van der Waals surface area contributed by atoms with Crippen molar-refractivity contribution in [1.82, 2.24) is 4.90 Å². The highest BCUT2D eigenvalue weighted by Crippen LogP contribution is 2.38. The van der Waals surface area contributed by atoms with Crippen molar-refractivity contribution in [2.24, 2.45) is 5.92 Å². The number of carbonyl (C=O) groups excluding carboxylic acids is 1. The van der Waals surface area contributed by atoms with Crippen molar-refractivity contribution < 1.29 is 9.53 Å². The molecule has 1 aromatic rings. The molecule has 3 rings (SSSR count). The molecular formula is C16H21NO2. The minimum Gasteiger partial charge on any atom is -0.494 e. The van der Waals surface area contributed by atoms with Crippen LogP contribution in [0.3, 0.4) is 0 Å². The number of hydrogen-bond acceptors (Lipinski definition) is 2. The van der Waals surface area contributed by atoms with Crippen molar-refractivity contribution in [3.05, 3.63) is 29.8 Å². The topological polar surface area (TPSA) is 29.5 Å². The highest BCUT2D eigenvalue weighted by atomic mass is 16.5. The van der Waals surface area contributed by atoms with E-state index in [9.17, 15) is 4.79 Å². The fourth-order valence-electron chi connectivity index (χ4n) is 2.89. The number of carbonyl (C=O) groups is 1. The number of nitrogens with zero attached hydrogens (tertiary/aromatic N) is 1. The van der Waals surface area contributed by atoms with Crippen molar-refractivity contribution in [2.75, 3.05) is 13.2 Å². The van der Waals surface area contributed by atoms with E-state index >= 15 is 0 Å². The number of benzene rings is 1. The average Bonchev–Trinajstić information content (AvgIpc) is 3.17. The van der Waals surface area contributed by atoms with Crippen LogP contribution in [0.5, 0.6) is 5.75 Å². The second kappa shape index (κ2) is 5.24. The number of ether oxygens (including phenoxy) is 1. The van der Waals surface area contributed by atoms with Gasteiger partial charge in [-0.15, -0.1) is 0 Å². The monoisotopic (exact) mass is 259 g/mol. The molecule has 2 aliphatic rings. The van der Waals surface area contributed by atoms with Crippen LogP contribution >= 0.6 is 0 Å². The first-order valence-electron chi connectivity index (χ1n) is 7.33. The smallest absolute Gasteiger partial charge is 0.226 e. The highest BCUT2D eigenvalue weighted by Gasteiger charge is 2.38. The molecule has 19 heavy (non-hydrogen) atoms. The third-order valence-electron chi connectivity index (χ3n) is 4.04. The molecule has 0 aromatic heterocycles. The first-order chi connectivity index (χ1) is 9.29. The molecule has 1 heterocycles. The molecule has 0 bridgehead atoms. The van der Waals surface area contributed by atoms with Crippen molar-refractivity contribution in [3.63, 3.8) is 0 Å². The molecule has 0 spiro atoms. The van der Waals surface area contributed by atoms with Gasteiger partial charge >= 0.3 is 0 Å². The number of hydrogen-bond donors (Lipinski definition) is 0. The Morgan fingerprint density at radius 1 is 1.26 bits per heavy atom. The molecule has 2 fully saturated rings. The number of amides is 1. The Bertz CT molecular complexity index is 450. The third kappa shape index (κ3) is 2.60. The zero-order valence-electron chi connectivity index (χ0n) is 11.5. The fraction of sp³-hybridized carbons (Fsp3) is 0.562. The molecule has 102 valence electrons. The van der Waals surface area contributed by atoms with E-state index in [0.717, 1.165) is 38.0 Å². The lowest BCUT2D eigenvalue weighted by molar-refractivity contribution is -0.133. The number of likely N-dealkylation sites (tertiary alicyclic amines) is 1. The van der Waals surface area contributed by atoms with Gasteiger partial charge in [0.15, 0.2) is 0 Å². The molecule has 0 N–H and O–H groups in total. The maximum atomic E-state index is 12.3. The van der Waals surface area contributed by atoms with E-state index in [4.69, 9.17) is 4.74 Å². The van der Waals surface area contributed by atoms with Crippen LogP contribution in [0.4, 0.5) is 0 Å². The Morgan fingerprint density at radius 3 is 2.63 bits per heavy atom. The molecule has 1 amide bonds. The van der Waals surface area contributed by atoms with E-state index in [-0.39, 0.29) is 6.04 Å². The van der Waals surface area contributed by atoms with E-state index < -0.39 is 0 Å². The molecule has 1 saturated heterocycles. The van der Waals surface area contributed by atoms with Gasteiger partial charge in [-0.05, 0) is 50.3 Å². The van der Waals surface area contributed by atoms with Gasteiger partial charge in [0.2, 0.25) is 5.91 Å². The summed E-state index contributed by atoms with van der Waals surface area (Å²) >= 11 is 0. The SMILES string of the molecule is CCOc1ccc(C2CCCN2C(=O)C2CC2)cc1. The van der Waals surface area contributed by atoms with E-state index in [1.807, 2.05) is 19.1 Å².